The Hall–Kier alpha value is -1.94. The first-order valence-corrected chi connectivity index (χ1v) is 5.54. The summed E-state index contributed by atoms with van der Waals surface area (Å²) >= 11 is 5.84. The maximum absolute atomic E-state index is 5.84. The molecule has 0 spiro atoms. The van der Waals surface area contributed by atoms with Crippen LogP contribution < -0.4 is 0 Å². The minimum absolute atomic E-state index is 0.477. The molecule has 0 saturated heterocycles. The average molecular weight is 245 g/mol. The molecule has 0 aromatic carbocycles. The van der Waals surface area contributed by atoms with Crippen LogP contribution in [-0.4, -0.2) is 19.9 Å². The van der Waals surface area contributed by atoms with E-state index >= 15 is 0 Å². The Morgan fingerprint density at radius 1 is 1.24 bits per heavy atom. The number of H-pyrrole nitrogens is 1. The minimum Gasteiger partial charge on any atom is -0.353 e. The summed E-state index contributed by atoms with van der Waals surface area (Å²) in [7, 11) is 0. The fourth-order valence-electron chi connectivity index (χ4n) is 1.74. The molecule has 0 atom stereocenters. The van der Waals surface area contributed by atoms with E-state index in [-0.39, 0.29) is 0 Å². The van der Waals surface area contributed by atoms with E-state index < -0.39 is 0 Å². The summed E-state index contributed by atoms with van der Waals surface area (Å²) in [6, 6.07) is 5.67. The molecular formula is C12H9ClN4. The maximum Gasteiger partial charge on any atom is 0.131 e. The second kappa shape index (κ2) is 3.82. The van der Waals surface area contributed by atoms with Gasteiger partial charge in [-0.15, -0.1) is 0 Å². The van der Waals surface area contributed by atoms with Crippen molar-refractivity contribution in [1.29, 1.82) is 0 Å². The number of aromatic amines is 1. The van der Waals surface area contributed by atoms with E-state index in [0.717, 1.165) is 28.1 Å². The fraction of sp³-hybridized carbons (Fsp3) is 0.0833. The van der Waals surface area contributed by atoms with E-state index in [1.54, 1.807) is 18.5 Å². The Kier molecular flexibility index (Phi) is 2.30. The summed E-state index contributed by atoms with van der Waals surface area (Å²) in [5.74, 6) is 0.748. The van der Waals surface area contributed by atoms with Crippen LogP contribution in [0.2, 0.25) is 5.15 Å². The lowest BCUT2D eigenvalue weighted by Gasteiger charge is -1.96. The van der Waals surface area contributed by atoms with Crippen molar-refractivity contribution in [3.05, 3.63) is 41.6 Å². The SMILES string of the molecule is Cc1nccc(-c2cc3cnc(Cl)cc3[nH]2)n1. The molecule has 0 aliphatic rings. The van der Waals surface area contributed by atoms with Crippen LogP contribution in [0.1, 0.15) is 5.82 Å². The van der Waals surface area contributed by atoms with E-state index in [0.29, 0.717) is 5.15 Å². The smallest absolute Gasteiger partial charge is 0.131 e. The lowest BCUT2D eigenvalue weighted by molar-refractivity contribution is 1.05. The van der Waals surface area contributed by atoms with E-state index in [1.165, 1.54) is 0 Å². The number of rotatable bonds is 1. The molecule has 0 saturated carbocycles. The lowest BCUT2D eigenvalue weighted by atomic mass is 10.3. The largest absolute Gasteiger partial charge is 0.353 e. The Bertz CT molecular complexity index is 690. The number of aryl methyl sites for hydroxylation is 1. The van der Waals surface area contributed by atoms with Crippen molar-refractivity contribution >= 4 is 22.5 Å². The van der Waals surface area contributed by atoms with Crippen LogP contribution in [0, 0.1) is 6.92 Å². The predicted octanol–water partition coefficient (Wildman–Crippen LogP) is 2.98. The monoisotopic (exact) mass is 244 g/mol. The quantitative estimate of drug-likeness (QED) is 0.670. The van der Waals surface area contributed by atoms with Gasteiger partial charge in [0.05, 0.1) is 16.9 Å². The highest BCUT2D eigenvalue weighted by molar-refractivity contribution is 6.30. The van der Waals surface area contributed by atoms with Crippen molar-refractivity contribution < 1.29 is 0 Å². The molecule has 0 aliphatic heterocycles. The van der Waals surface area contributed by atoms with Crippen LogP contribution >= 0.6 is 11.6 Å². The molecule has 17 heavy (non-hydrogen) atoms. The Balaban J connectivity index is 2.18. The van der Waals surface area contributed by atoms with Crippen LogP contribution in [0.5, 0.6) is 0 Å². The zero-order valence-corrected chi connectivity index (χ0v) is 9.86. The highest BCUT2D eigenvalue weighted by Crippen LogP contribution is 2.23. The molecule has 0 unspecified atom stereocenters. The molecule has 3 aromatic rings. The summed E-state index contributed by atoms with van der Waals surface area (Å²) in [6.45, 7) is 1.87. The maximum atomic E-state index is 5.84. The molecule has 0 radical (unpaired) electrons. The number of hydrogen-bond acceptors (Lipinski definition) is 3. The standard InChI is InChI=1S/C12H9ClN4/c1-7-14-3-2-9(16-7)11-4-8-6-15-12(13)5-10(8)17-11/h2-6,17H,1H3. The van der Waals surface area contributed by atoms with Gasteiger partial charge in [0.15, 0.2) is 0 Å². The first-order valence-electron chi connectivity index (χ1n) is 5.17. The molecule has 0 amide bonds. The highest BCUT2D eigenvalue weighted by Gasteiger charge is 2.05. The van der Waals surface area contributed by atoms with E-state index in [9.17, 15) is 0 Å². The molecule has 4 nitrogen and oxygen atoms in total. The van der Waals surface area contributed by atoms with Gasteiger partial charge in [0.25, 0.3) is 0 Å². The number of fused-ring (bicyclic) bond motifs is 1. The second-order valence-corrected chi connectivity index (χ2v) is 4.15. The molecule has 0 fully saturated rings. The van der Waals surface area contributed by atoms with E-state index in [2.05, 4.69) is 19.9 Å². The third-order valence-corrected chi connectivity index (χ3v) is 2.73. The van der Waals surface area contributed by atoms with Crippen LogP contribution in [0.4, 0.5) is 0 Å². The average Bonchev–Trinajstić information content (AvgIpc) is 2.72. The van der Waals surface area contributed by atoms with Crippen LogP contribution in [-0.2, 0) is 0 Å². The third kappa shape index (κ3) is 1.87. The van der Waals surface area contributed by atoms with Gasteiger partial charge in [-0.05, 0) is 25.1 Å². The molecule has 5 heteroatoms. The van der Waals surface area contributed by atoms with E-state index in [4.69, 9.17) is 11.6 Å². The van der Waals surface area contributed by atoms with Gasteiger partial charge in [0.2, 0.25) is 0 Å². The van der Waals surface area contributed by atoms with Crippen molar-refractivity contribution in [1.82, 2.24) is 19.9 Å². The number of aromatic nitrogens is 4. The molecule has 0 bridgehead atoms. The predicted molar refractivity (Wildman–Crippen MR) is 66.9 cm³/mol. The first-order chi connectivity index (χ1) is 8.22. The van der Waals surface area contributed by atoms with Gasteiger partial charge in [0.1, 0.15) is 11.0 Å². The molecule has 1 N–H and O–H groups in total. The molecule has 84 valence electrons. The molecule has 3 rings (SSSR count). The van der Waals surface area contributed by atoms with Crippen molar-refractivity contribution in [2.75, 3.05) is 0 Å². The van der Waals surface area contributed by atoms with Crippen LogP contribution in [0.3, 0.4) is 0 Å². The number of nitrogens with one attached hydrogen (secondary N) is 1. The number of nitrogens with zero attached hydrogens (tertiary/aromatic N) is 3. The van der Waals surface area contributed by atoms with Crippen molar-refractivity contribution in [2.24, 2.45) is 0 Å². The Labute approximate surface area is 103 Å². The first kappa shape index (κ1) is 10.2. The van der Waals surface area contributed by atoms with Crippen molar-refractivity contribution in [3.63, 3.8) is 0 Å². The van der Waals surface area contributed by atoms with Gasteiger partial charge in [-0.3, -0.25) is 0 Å². The van der Waals surface area contributed by atoms with Gasteiger partial charge >= 0.3 is 0 Å². The van der Waals surface area contributed by atoms with Gasteiger partial charge in [0, 0.05) is 17.8 Å². The van der Waals surface area contributed by atoms with Crippen molar-refractivity contribution in [3.8, 4) is 11.4 Å². The van der Waals surface area contributed by atoms with Gasteiger partial charge in [-0.2, -0.15) is 0 Å². The normalized spacial score (nSPS) is 10.9. The summed E-state index contributed by atoms with van der Waals surface area (Å²) in [4.78, 5) is 15.8. The Morgan fingerprint density at radius 2 is 2.12 bits per heavy atom. The Morgan fingerprint density at radius 3 is 2.94 bits per heavy atom. The molecule has 3 heterocycles. The van der Waals surface area contributed by atoms with Crippen molar-refractivity contribution in [2.45, 2.75) is 6.92 Å². The summed E-state index contributed by atoms with van der Waals surface area (Å²) < 4.78 is 0. The number of halogens is 1. The minimum atomic E-state index is 0.477. The topological polar surface area (TPSA) is 54.5 Å². The highest BCUT2D eigenvalue weighted by atomic mass is 35.5. The number of hydrogen-bond donors (Lipinski definition) is 1. The molecular weight excluding hydrogens is 236 g/mol. The van der Waals surface area contributed by atoms with Crippen LogP contribution in [0.25, 0.3) is 22.3 Å². The second-order valence-electron chi connectivity index (χ2n) is 3.77. The van der Waals surface area contributed by atoms with Crippen LogP contribution in [0.15, 0.2) is 30.6 Å². The summed E-state index contributed by atoms with van der Waals surface area (Å²) in [5.41, 5.74) is 2.76. The molecule has 3 aromatic heterocycles. The lowest BCUT2D eigenvalue weighted by Crippen LogP contribution is -1.89. The zero-order chi connectivity index (χ0) is 11.8. The number of pyridine rings is 1. The summed E-state index contributed by atoms with van der Waals surface area (Å²) in [5, 5.41) is 1.49. The van der Waals surface area contributed by atoms with E-state index in [1.807, 2.05) is 19.1 Å². The molecule has 0 aliphatic carbocycles. The summed E-state index contributed by atoms with van der Waals surface area (Å²) in [6.07, 6.45) is 3.49. The van der Waals surface area contributed by atoms with Gasteiger partial charge in [-0.1, -0.05) is 11.6 Å². The van der Waals surface area contributed by atoms with Gasteiger partial charge < -0.3 is 4.98 Å². The third-order valence-electron chi connectivity index (χ3n) is 2.52. The zero-order valence-electron chi connectivity index (χ0n) is 9.11. The fourth-order valence-corrected chi connectivity index (χ4v) is 1.90. The van der Waals surface area contributed by atoms with Gasteiger partial charge in [-0.25, -0.2) is 15.0 Å².